The quantitative estimate of drug-likeness (QED) is 0.907. The maximum absolute atomic E-state index is 12.3. The molecule has 0 spiro atoms. The van der Waals surface area contributed by atoms with Crippen LogP contribution in [0.15, 0.2) is 24.3 Å². The van der Waals surface area contributed by atoms with Crippen molar-refractivity contribution in [2.75, 3.05) is 26.3 Å². The summed E-state index contributed by atoms with van der Waals surface area (Å²) in [5.74, 6) is 0.354. The van der Waals surface area contributed by atoms with Gasteiger partial charge in [-0.1, -0.05) is 31.2 Å². The van der Waals surface area contributed by atoms with Crippen molar-refractivity contribution in [3.8, 4) is 0 Å². The number of amides is 1. The first kappa shape index (κ1) is 16.5. The van der Waals surface area contributed by atoms with E-state index >= 15 is 0 Å². The Morgan fingerprint density at radius 1 is 1.30 bits per heavy atom. The second-order valence-corrected chi connectivity index (χ2v) is 6.68. The first-order valence-electron chi connectivity index (χ1n) is 8.94. The summed E-state index contributed by atoms with van der Waals surface area (Å²) in [6.45, 7) is 6.50. The number of benzene rings is 1. The number of fused-ring (bicyclic) bond motifs is 1. The van der Waals surface area contributed by atoms with E-state index in [2.05, 4.69) is 41.4 Å². The average Bonchev–Trinajstić information content (AvgIpc) is 2.62. The lowest BCUT2D eigenvalue weighted by Gasteiger charge is -2.35. The Bertz CT molecular complexity index is 526. The summed E-state index contributed by atoms with van der Waals surface area (Å²) < 4.78 is 5.34. The molecule has 1 fully saturated rings. The van der Waals surface area contributed by atoms with Crippen LogP contribution in [0.5, 0.6) is 0 Å². The molecule has 1 saturated heterocycles. The largest absolute Gasteiger partial charge is 0.381 e. The predicted molar refractivity (Wildman–Crippen MR) is 91.2 cm³/mol. The summed E-state index contributed by atoms with van der Waals surface area (Å²) in [5.41, 5.74) is 2.91. The molecule has 2 aliphatic rings. The van der Waals surface area contributed by atoms with Gasteiger partial charge in [0.25, 0.3) is 0 Å². The van der Waals surface area contributed by atoms with Crippen LogP contribution in [-0.2, 0) is 22.5 Å². The Hall–Kier alpha value is -1.39. The van der Waals surface area contributed by atoms with Crippen LogP contribution in [0.4, 0.5) is 0 Å². The molecule has 0 saturated carbocycles. The van der Waals surface area contributed by atoms with Crippen LogP contribution in [0.2, 0.25) is 0 Å². The minimum absolute atomic E-state index is 0.142. The Balaban J connectivity index is 1.53. The number of carbonyl (C=O) groups excluding carboxylic acids is 1. The van der Waals surface area contributed by atoms with Gasteiger partial charge in [0.2, 0.25) is 5.91 Å². The van der Waals surface area contributed by atoms with Gasteiger partial charge in [0, 0.05) is 44.8 Å². The van der Waals surface area contributed by atoms with E-state index in [0.717, 1.165) is 58.5 Å². The van der Waals surface area contributed by atoms with Crippen LogP contribution in [0, 0.1) is 5.92 Å². The highest BCUT2D eigenvalue weighted by atomic mass is 16.5. The molecule has 4 nitrogen and oxygen atoms in total. The number of nitrogens with zero attached hydrogens (tertiary/aromatic N) is 1. The van der Waals surface area contributed by atoms with Crippen molar-refractivity contribution in [1.82, 2.24) is 10.2 Å². The van der Waals surface area contributed by atoms with Gasteiger partial charge in [-0.25, -0.2) is 0 Å². The van der Waals surface area contributed by atoms with E-state index in [0.29, 0.717) is 6.04 Å². The molecule has 2 heterocycles. The first-order valence-corrected chi connectivity index (χ1v) is 8.94. The zero-order valence-corrected chi connectivity index (χ0v) is 14.1. The van der Waals surface area contributed by atoms with Gasteiger partial charge in [-0.3, -0.25) is 9.69 Å². The molecule has 1 atom stereocenters. The standard InChI is InChI=1S/C19H28N2O2/c1-2-18(13-20-19(22)16-8-11-23-12-9-16)21-10-7-15-5-3-4-6-17(15)14-21/h3-6,16,18H,2,7-14H2,1H3,(H,20,22). The molecule has 1 amide bonds. The third kappa shape index (κ3) is 4.12. The van der Waals surface area contributed by atoms with Crippen molar-refractivity contribution in [3.05, 3.63) is 35.4 Å². The zero-order chi connectivity index (χ0) is 16.1. The van der Waals surface area contributed by atoms with Crippen molar-refractivity contribution in [1.29, 1.82) is 0 Å². The molecule has 0 bridgehead atoms. The van der Waals surface area contributed by atoms with E-state index in [9.17, 15) is 4.79 Å². The van der Waals surface area contributed by atoms with Crippen molar-refractivity contribution in [2.45, 2.75) is 45.2 Å². The van der Waals surface area contributed by atoms with E-state index in [1.165, 1.54) is 11.1 Å². The number of nitrogens with one attached hydrogen (secondary N) is 1. The van der Waals surface area contributed by atoms with Crippen LogP contribution >= 0.6 is 0 Å². The molecule has 0 aromatic heterocycles. The summed E-state index contributed by atoms with van der Waals surface area (Å²) in [7, 11) is 0. The van der Waals surface area contributed by atoms with Crippen LogP contribution in [0.25, 0.3) is 0 Å². The van der Waals surface area contributed by atoms with Gasteiger partial charge in [0.05, 0.1) is 0 Å². The van der Waals surface area contributed by atoms with Gasteiger partial charge < -0.3 is 10.1 Å². The Morgan fingerprint density at radius 2 is 2.04 bits per heavy atom. The third-order valence-electron chi connectivity index (χ3n) is 5.25. The third-order valence-corrected chi connectivity index (χ3v) is 5.25. The lowest BCUT2D eigenvalue weighted by atomic mass is 9.97. The molecule has 3 rings (SSSR count). The van der Waals surface area contributed by atoms with Crippen LogP contribution in [0.3, 0.4) is 0 Å². The number of carbonyl (C=O) groups is 1. The van der Waals surface area contributed by atoms with Gasteiger partial charge in [-0.05, 0) is 36.8 Å². The monoisotopic (exact) mass is 316 g/mol. The fraction of sp³-hybridized carbons (Fsp3) is 0.632. The SMILES string of the molecule is CCC(CNC(=O)C1CCOCC1)N1CCc2ccccc2C1. The van der Waals surface area contributed by atoms with E-state index in [-0.39, 0.29) is 11.8 Å². The number of rotatable bonds is 5. The highest BCUT2D eigenvalue weighted by Crippen LogP contribution is 2.21. The van der Waals surface area contributed by atoms with E-state index in [1.54, 1.807) is 0 Å². The summed E-state index contributed by atoms with van der Waals surface area (Å²) in [6, 6.07) is 9.14. The second kappa shape index (κ2) is 7.93. The fourth-order valence-corrected chi connectivity index (χ4v) is 3.68. The number of ether oxygens (including phenoxy) is 1. The van der Waals surface area contributed by atoms with Gasteiger partial charge >= 0.3 is 0 Å². The predicted octanol–water partition coefficient (Wildman–Crippen LogP) is 2.37. The molecule has 1 N–H and O–H groups in total. The smallest absolute Gasteiger partial charge is 0.223 e. The Kier molecular flexibility index (Phi) is 5.68. The maximum atomic E-state index is 12.3. The van der Waals surface area contributed by atoms with E-state index in [4.69, 9.17) is 4.74 Å². The minimum atomic E-state index is 0.142. The normalized spacial score (nSPS) is 20.7. The average molecular weight is 316 g/mol. The Morgan fingerprint density at radius 3 is 2.78 bits per heavy atom. The summed E-state index contributed by atoms with van der Waals surface area (Å²) in [5, 5.41) is 3.19. The van der Waals surface area contributed by atoms with Crippen LogP contribution in [-0.4, -0.2) is 43.2 Å². The molecule has 1 aromatic carbocycles. The number of hydrogen-bond acceptors (Lipinski definition) is 3. The molecule has 2 aliphatic heterocycles. The molecular weight excluding hydrogens is 288 g/mol. The molecule has 23 heavy (non-hydrogen) atoms. The highest BCUT2D eigenvalue weighted by Gasteiger charge is 2.25. The van der Waals surface area contributed by atoms with Crippen molar-refractivity contribution in [2.24, 2.45) is 5.92 Å². The van der Waals surface area contributed by atoms with Gasteiger partial charge in [0.15, 0.2) is 0 Å². The molecule has 0 aliphatic carbocycles. The van der Waals surface area contributed by atoms with Crippen molar-refractivity contribution < 1.29 is 9.53 Å². The van der Waals surface area contributed by atoms with Crippen molar-refractivity contribution in [3.63, 3.8) is 0 Å². The maximum Gasteiger partial charge on any atom is 0.223 e. The fourth-order valence-electron chi connectivity index (χ4n) is 3.68. The highest BCUT2D eigenvalue weighted by molar-refractivity contribution is 5.78. The summed E-state index contributed by atoms with van der Waals surface area (Å²) >= 11 is 0. The molecule has 1 aromatic rings. The zero-order valence-electron chi connectivity index (χ0n) is 14.1. The Labute approximate surface area is 139 Å². The lowest BCUT2D eigenvalue weighted by molar-refractivity contribution is -0.128. The summed E-state index contributed by atoms with van der Waals surface area (Å²) in [4.78, 5) is 14.8. The van der Waals surface area contributed by atoms with Crippen LogP contribution < -0.4 is 5.32 Å². The molecule has 0 radical (unpaired) electrons. The first-order chi connectivity index (χ1) is 11.3. The molecule has 4 heteroatoms. The minimum Gasteiger partial charge on any atom is -0.381 e. The molecular formula is C19H28N2O2. The summed E-state index contributed by atoms with van der Waals surface area (Å²) in [6.07, 6.45) is 3.90. The van der Waals surface area contributed by atoms with Crippen molar-refractivity contribution >= 4 is 5.91 Å². The molecule has 126 valence electrons. The van der Waals surface area contributed by atoms with E-state index < -0.39 is 0 Å². The van der Waals surface area contributed by atoms with Gasteiger partial charge in [-0.15, -0.1) is 0 Å². The lowest BCUT2D eigenvalue weighted by Crippen LogP contribution is -2.47. The number of hydrogen-bond donors (Lipinski definition) is 1. The topological polar surface area (TPSA) is 41.6 Å². The van der Waals surface area contributed by atoms with Gasteiger partial charge in [0.1, 0.15) is 0 Å². The van der Waals surface area contributed by atoms with E-state index in [1.807, 2.05) is 0 Å². The van der Waals surface area contributed by atoms with Gasteiger partial charge in [-0.2, -0.15) is 0 Å². The molecule has 1 unspecified atom stereocenters. The van der Waals surface area contributed by atoms with Crippen LogP contribution in [0.1, 0.15) is 37.3 Å². The second-order valence-electron chi connectivity index (χ2n) is 6.68.